The highest BCUT2D eigenvalue weighted by atomic mass is 15.2. The Labute approximate surface area is 109 Å². The number of rotatable bonds is 8. The van der Waals surface area contributed by atoms with Crippen LogP contribution >= 0.6 is 0 Å². The van der Waals surface area contributed by atoms with Gasteiger partial charge in [0.1, 0.15) is 0 Å². The van der Waals surface area contributed by atoms with Crippen LogP contribution in [0, 0.1) is 6.92 Å². The van der Waals surface area contributed by atoms with Gasteiger partial charge in [-0.2, -0.15) is 0 Å². The predicted octanol–water partition coefficient (Wildman–Crippen LogP) is 2.07. The Balaban J connectivity index is 2.93. The zero-order chi connectivity index (χ0) is 13.4. The van der Waals surface area contributed by atoms with Crippen molar-refractivity contribution in [3.05, 3.63) is 42.8 Å². The number of aromatic nitrogens is 2. The van der Waals surface area contributed by atoms with E-state index >= 15 is 0 Å². The Hall–Kier alpha value is -1.68. The van der Waals surface area contributed by atoms with Gasteiger partial charge >= 0.3 is 0 Å². The summed E-state index contributed by atoms with van der Waals surface area (Å²) in [4.78, 5) is 11.1. The van der Waals surface area contributed by atoms with Crippen molar-refractivity contribution in [2.75, 3.05) is 24.5 Å². The first-order valence-electron chi connectivity index (χ1n) is 6.23. The van der Waals surface area contributed by atoms with E-state index in [9.17, 15) is 0 Å². The summed E-state index contributed by atoms with van der Waals surface area (Å²) in [6, 6.07) is 2.01. The molecule has 1 aromatic heterocycles. The highest BCUT2D eigenvalue weighted by Crippen LogP contribution is 2.10. The lowest BCUT2D eigenvalue weighted by molar-refractivity contribution is 0.703. The Morgan fingerprint density at radius 1 is 1.28 bits per heavy atom. The summed E-state index contributed by atoms with van der Waals surface area (Å²) in [5.74, 6) is 0.739. The van der Waals surface area contributed by atoms with Crippen LogP contribution in [0.15, 0.2) is 31.4 Å². The molecule has 0 unspecified atom stereocenters. The highest BCUT2D eigenvalue weighted by molar-refractivity contribution is 5.34. The van der Waals surface area contributed by atoms with E-state index in [1.54, 1.807) is 0 Å². The first kappa shape index (κ1) is 14.4. The zero-order valence-electron chi connectivity index (χ0n) is 11.3. The van der Waals surface area contributed by atoms with Crippen molar-refractivity contribution >= 4 is 5.95 Å². The summed E-state index contributed by atoms with van der Waals surface area (Å²) in [7, 11) is 0. The minimum Gasteiger partial charge on any atom is -0.333 e. The fourth-order valence-electron chi connectivity index (χ4n) is 1.65. The molecule has 18 heavy (non-hydrogen) atoms. The van der Waals surface area contributed by atoms with Gasteiger partial charge in [0.05, 0.1) is 5.69 Å². The van der Waals surface area contributed by atoms with Crippen LogP contribution < -0.4 is 10.2 Å². The van der Waals surface area contributed by atoms with Crippen LogP contribution in [-0.4, -0.2) is 29.6 Å². The summed E-state index contributed by atoms with van der Waals surface area (Å²) in [6.45, 7) is 14.7. The maximum Gasteiger partial charge on any atom is 0.226 e. The lowest BCUT2D eigenvalue weighted by atomic mass is 10.3. The van der Waals surface area contributed by atoms with Gasteiger partial charge in [0.25, 0.3) is 0 Å². The minimum absolute atomic E-state index is 0.718. The summed E-state index contributed by atoms with van der Waals surface area (Å²) >= 11 is 0. The van der Waals surface area contributed by atoms with E-state index in [-0.39, 0.29) is 0 Å². The van der Waals surface area contributed by atoms with E-state index in [0.717, 1.165) is 43.5 Å². The summed E-state index contributed by atoms with van der Waals surface area (Å²) in [6.07, 6.45) is 3.69. The molecule has 0 saturated heterocycles. The standard InChI is InChI=1S/C14H22N4/c1-5-8-18(9-6-2)14-16-12(4)10-13(17-14)11-15-7-3/h5-6,10,15H,1-2,7-9,11H2,3-4H3. The van der Waals surface area contributed by atoms with Crippen LogP contribution in [0.4, 0.5) is 5.95 Å². The van der Waals surface area contributed by atoms with E-state index < -0.39 is 0 Å². The normalized spacial score (nSPS) is 10.1. The van der Waals surface area contributed by atoms with Crippen LogP contribution in [0.5, 0.6) is 0 Å². The fourth-order valence-corrected chi connectivity index (χ4v) is 1.65. The number of anilines is 1. The molecule has 0 aromatic carbocycles. The van der Waals surface area contributed by atoms with Gasteiger partial charge in [0, 0.05) is 25.3 Å². The lowest BCUT2D eigenvalue weighted by Gasteiger charge is -2.20. The van der Waals surface area contributed by atoms with E-state index in [1.807, 2.05) is 30.0 Å². The topological polar surface area (TPSA) is 41.1 Å². The molecule has 4 heteroatoms. The van der Waals surface area contributed by atoms with Crippen molar-refractivity contribution in [3.8, 4) is 0 Å². The Morgan fingerprint density at radius 2 is 1.94 bits per heavy atom. The first-order chi connectivity index (χ1) is 8.71. The van der Waals surface area contributed by atoms with E-state index in [4.69, 9.17) is 0 Å². The van der Waals surface area contributed by atoms with Gasteiger partial charge in [0.2, 0.25) is 5.95 Å². The third-order valence-corrected chi connectivity index (χ3v) is 2.43. The average molecular weight is 246 g/mol. The van der Waals surface area contributed by atoms with Gasteiger partial charge in [-0.25, -0.2) is 9.97 Å². The molecule has 0 radical (unpaired) electrons. The highest BCUT2D eigenvalue weighted by Gasteiger charge is 2.08. The third-order valence-electron chi connectivity index (χ3n) is 2.43. The largest absolute Gasteiger partial charge is 0.333 e. The smallest absolute Gasteiger partial charge is 0.226 e. The third kappa shape index (κ3) is 4.30. The number of hydrogen-bond acceptors (Lipinski definition) is 4. The van der Waals surface area contributed by atoms with Crippen LogP contribution in [0.25, 0.3) is 0 Å². The summed E-state index contributed by atoms with van der Waals surface area (Å²) in [5, 5.41) is 3.27. The zero-order valence-corrected chi connectivity index (χ0v) is 11.3. The Kier molecular flexibility index (Phi) is 6.08. The Morgan fingerprint density at radius 3 is 2.50 bits per heavy atom. The average Bonchev–Trinajstić information content (AvgIpc) is 2.35. The molecule has 98 valence electrons. The van der Waals surface area contributed by atoms with E-state index in [0.29, 0.717) is 0 Å². The van der Waals surface area contributed by atoms with E-state index in [2.05, 4.69) is 35.4 Å². The molecule has 0 fully saturated rings. The second kappa shape index (κ2) is 7.61. The Bertz CT molecular complexity index is 391. The quantitative estimate of drug-likeness (QED) is 0.713. The van der Waals surface area contributed by atoms with Crippen LogP contribution in [0.2, 0.25) is 0 Å². The van der Waals surface area contributed by atoms with Crippen LogP contribution in [-0.2, 0) is 6.54 Å². The first-order valence-corrected chi connectivity index (χ1v) is 6.23. The molecule has 1 rings (SSSR count). The van der Waals surface area contributed by atoms with Gasteiger partial charge in [-0.05, 0) is 19.5 Å². The molecule has 0 atom stereocenters. The van der Waals surface area contributed by atoms with Crippen molar-refractivity contribution in [2.45, 2.75) is 20.4 Å². The van der Waals surface area contributed by atoms with Crippen LogP contribution in [0.1, 0.15) is 18.3 Å². The summed E-state index contributed by atoms with van der Waals surface area (Å²) < 4.78 is 0. The maximum absolute atomic E-state index is 4.57. The van der Waals surface area contributed by atoms with Crippen molar-refractivity contribution in [1.29, 1.82) is 0 Å². The monoisotopic (exact) mass is 246 g/mol. The number of nitrogens with one attached hydrogen (secondary N) is 1. The molecule has 0 saturated carbocycles. The molecule has 0 spiro atoms. The SMILES string of the molecule is C=CCN(CC=C)c1nc(C)cc(CNCC)n1. The number of hydrogen-bond donors (Lipinski definition) is 1. The van der Waals surface area contributed by atoms with Crippen molar-refractivity contribution in [2.24, 2.45) is 0 Å². The summed E-state index contributed by atoms with van der Waals surface area (Å²) in [5.41, 5.74) is 1.99. The van der Waals surface area contributed by atoms with Crippen LogP contribution in [0.3, 0.4) is 0 Å². The lowest BCUT2D eigenvalue weighted by Crippen LogP contribution is -2.26. The molecule has 0 bridgehead atoms. The molecular formula is C14H22N4. The van der Waals surface area contributed by atoms with Gasteiger partial charge in [-0.1, -0.05) is 19.1 Å². The molecule has 1 aromatic rings. The molecule has 1 N–H and O–H groups in total. The second-order valence-electron chi connectivity index (χ2n) is 4.06. The van der Waals surface area contributed by atoms with Gasteiger partial charge in [-0.15, -0.1) is 13.2 Å². The molecule has 0 aliphatic carbocycles. The molecule has 0 aliphatic heterocycles. The van der Waals surface area contributed by atoms with Crippen molar-refractivity contribution in [3.63, 3.8) is 0 Å². The van der Waals surface area contributed by atoms with E-state index in [1.165, 1.54) is 0 Å². The second-order valence-corrected chi connectivity index (χ2v) is 4.06. The molecule has 0 amide bonds. The number of nitrogens with zero attached hydrogens (tertiary/aromatic N) is 3. The van der Waals surface area contributed by atoms with Crippen molar-refractivity contribution in [1.82, 2.24) is 15.3 Å². The van der Waals surface area contributed by atoms with Gasteiger partial charge < -0.3 is 10.2 Å². The number of aryl methyl sites for hydroxylation is 1. The van der Waals surface area contributed by atoms with Gasteiger partial charge in [0.15, 0.2) is 0 Å². The molecule has 0 aliphatic rings. The molecule has 1 heterocycles. The predicted molar refractivity (Wildman–Crippen MR) is 76.8 cm³/mol. The minimum atomic E-state index is 0.718. The molecular weight excluding hydrogens is 224 g/mol. The van der Waals surface area contributed by atoms with Gasteiger partial charge in [-0.3, -0.25) is 0 Å². The molecule has 4 nitrogen and oxygen atoms in total. The fraction of sp³-hybridized carbons (Fsp3) is 0.429. The maximum atomic E-state index is 4.57. The van der Waals surface area contributed by atoms with Crippen molar-refractivity contribution < 1.29 is 0 Å².